The molecule has 8 nitrogen and oxygen atoms in total. The summed E-state index contributed by atoms with van der Waals surface area (Å²) in [7, 11) is 7.41. The molecule has 0 bridgehead atoms. The van der Waals surface area contributed by atoms with Crippen molar-refractivity contribution in [2.45, 2.75) is 43.9 Å². The molecule has 49 heavy (non-hydrogen) atoms. The normalized spacial score (nSPS) is 15.3. The fourth-order valence-corrected chi connectivity index (χ4v) is 5.13. The summed E-state index contributed by atoms with van der Waals surface area (Å²) in [4.78, 5) is 0. The van der Waals surface area contributed by atoms with Crippen LogP contribution in [-0.2, 0) is 6.18 Å². The Morgan fingerprint density at radius 2 is 1.71 bits per heavy atom. The molecule has 262 valence electrons. The molecular weight excluding hydrogens is 685 g/mol. The molecule has 0 fully saturated rings. The van der Waals surface area contributed by atoms with E-state index >= 15 is 0 Å². The summed E-state index contributed by atoms with van der Waals surface area (Å²) in [6.07, 6.45) is -3.27. The molecule has 3 rings (SSSR count). The second kappa shape index (κ2) is 14.6. The van der Waals surface area contributed by atoms with Crippen LogP contribution in [0.1, 0.15) is 47.7 Å². The van der Waals surface area contributed by atoms with Crippen molar-refractivity contribution < 1.29 is 40.2 Å². The van der Waals surface area contributed by atoms with E-state index in [1.165, 1.54) is 13.1 Å². The van der Waals surface area contributed by atoms with Crippen LogP contribution in [0, 0.1) is 11.6 Å². The number of benzene rings is 3. The smallest absolute Gasteiger partial charge is 0.403 e. The van der Waals surface area contributed by atoms with Gasteiger partial charge in [0.2, 0.25) is 5.85 Å². The minimum Gasteiger partial charge on any atom is -0.403 e. The Hall–Kier alpha value is -4.48. The zero-order chi connectivity index (χ0) is 37.2. The van der Waals surface area contributed by atoms with Crippen LogP contribution in [0.2, 0.25) is 5.02 Å². The first kappa shape index (κ1) is 39.0. The number of nitrogen functional groups attached to an aromatic ring is 1. The second-order valence-electron chi connectivity index (χ2n) is 10.9. The van der Waals surface area contributed by atoms with Crippen molar-refractivity contribution >= 4 is 60.7 Å². The van der Waals surface area contributed by atoms with Crippen LogP contribution < -0.4 is 32.4 Å². The first-order valence-electron chi connectivity index (χ1n) is 14.0. The van der Waals surface area contributed by atoms with E-state index in [1.54, 1.807) is 0 Å². The fraction of sp³-hybridized carbons (Fsp3) is 0.258. The van der Waals surface area contributed by atoms with Gasteiger partial charge in [-0.25, -0.2) is 18.2 Å². The molecule has 3 unspecified atom stereocenters. The molecule has 0 saturated carbocycles. The summed E-state index contributed by atoms with van der Waals surface area (Å²) >= 11 is 6.44. The highest BCUT2D eigenvalue weighted by atomic mass is 35.5. The summed E-state index contributed by atoms with van der Waals surface area (Å²) in [5, 5.41) is 21.7. The van der Waals surface area contributed by atoms with E-state index in [1.807, 2.05) is 0 Å². The van der Waals surface area contributed by atoms with E-state index in [0.717, 1.165) is 37.4 Å². The number of nitrogens with zero attached hydrogens (tertiary/aromatic N) is 2. The fourth-order valence-electron chi connectivity index (χ4n) is 4.91. The largest absolute Gasteiger partial charge is 0.418 e. The molecule has 0 aromatic heterocycles. The molecular formula is C31H31BClF8N7O. The molecule has 8 N–H and O–H groups in total. The second-order valence-corrected chi connectivity index (χ2v) is 11.3. The summed E-state index contributed by atoms with van der Waals surface area (Å²) < 4.78 is 114. The van der Waals surface area contributed by atoms with E-state index in [0.29, 0.717) is 13.0 Å². The zero-order valence-corrected chi connectivity index (χ0v) is 26.9. The Kier molecular flexibility index (Phi) is 11.6. The van der Waals surface area contributed by atoms with E-state index in [9.17, 15) is 40.2 Å². The quantitative estimate of drug-likeness (QED) is 0.0277. The van der Waals surface area contributed by atoms with Gasteiger partial charge in [0.05, 0.1) is 39.8 Å². The van der Waals surface area contributed by atoms with Crippen LogP contribution in [-0.4, -0.2) is 44.6 Å². The van der Waals surface area contributed by atoms with Crippen LogP contribution in [0.4, 0.5) is 57.9 Å². The average molecular weight is 716 g/mol. The highest BCUT2D eigenvalue weighted by Gasteiger charge is 2.41. The number of hydrazone groups is 1. The lowest BCUT2D eigenvalue weighted by Gasteiger charge is -2.38. The third-order valence-corrected chi connectivity index (χ3v) is 7.86. The Morgan fingerprint density at radius 1 is 1.08 bits per heavy atom. The Bertz CT molecular complexity index is 1760. The van der Waals surface area contributed by atoms with Gasteiger partial charge in [0.25, 0.3) is 0 Å². The minimum atomic E-state index is -5.09. The molecule has 0 aliphatic rings. The van der Waals surface area contributed by atoms with Crippen LogP contribution in [0.3, 0.4) is 0 Å². The van der Waals surface area contributed by atoms with E-state index in [-0.39, 0.29) is 38.5 Å². The van der Waals surface area contributed by atoms with Gasteiger partial charge in [-0.3, -0.25) is 0 Å². The number of halogens is 9. The van der Waals surface area contributed by atoms with Crippen LogP contribution >= 0.6 is 11.6 Å². The minimum absolute atomic E-state index is 0.0141. The SMILES string of the molecule is [B]C(C)(Nc1cc(N/C(=C/N)c2cc(F)cc(C(F)(F)F)c2N)c(C(NC)c2cc(F)ccc2Cl)c(C=C)c1N(N=C)C(F)F)C(C)(O)F. The van der Waals surface area contributed by atoms with Crippen molar-refractivity contribution in [1.82, 2.24) is 5.32 Å². The molecule has 0 aliphatic carbocycles. The van der Waals surface area contributed by atoms with Crippen molar-refractivity contribution in [3.05, 3.63) is 93.7 Å². The lowest BCUT2D eigenvalue weighted by Crippen LogP contribution is -2.53. The molecule has 2 radical (unpaired) electrons. The van der Waals surface area contributed by atoms with Gasteiger partial charge in [0, 0.05) is 40.3 Å². The number of hydrogen-bond acceptors (Lipinski definition) is 8. The van der Waals surface area contributed by atoms with Crippen molar-refractivity contribution in [2.24, 2.45) is 10.8 Å². The van der Waals surface area contributed by atoms with Crippen LogP contribution in [0.5, 0.6) is 0 Å². The summed E-state index contributed by atoms with van der Waals surface area (Å²) in [5.41, 5.74) is 4.26. The predicted octanol–water partition coefficient (Wildman–Crippen LogP) is 7.16. The number of aliphatic hydroxyl groups is 1. The molecule has 0 heterocycles. The van der Waals surface area contributed by atoms with Crippen molar-refractivity contribution in [2.75, 3.05) is 28.4 Å². The van der Waals surface area contributed by atoms with Crippen LogP contribution in [0.15, 0.2) is 54.3 Å². The first-order chi connectivity index (χ1) is 22.6. The summed E-state index contributed by atoms with van der Waals surface area (Å²) in [6.45, 7) is 5.16. The molecule has 0 saturated heterocycles. The predicted molar refractivity (Wildman–Crippen MR) is 178 cm³/mol. The van der Waals surface area contributed by atoms with Gasteiger partial charge in [-0.1, -0.05) is 24.3 Å². The van der Waals surface area contributed by atoms with Gasteiger partial charge in [0.15, 0.2) is 0 Å². The molecule has 0 aliphatic heterocycles. The Labute approximate surface area is 282 Å². The topological polar surface area (TPSA) is 124 Å². The van der Waals surface area contributed by atoms with Gasteiger partial charge < -0.3 is 32.5 Å². The first-order valence-corrected chi connectivity index (χ1v) is 14.3. The van der Waals surface area contributed by atoms with Crippen molar-refractivity contribution in [3.8, 4) is 0 Å². The van der Waals surface area contributed by atoms with Crippen molar-refractivity contribution in [3.63, 3.8) is 0 Å². The maximum absolute atomic E-state index is 14.9. The molecule has 3 aromatic carbocycles. The standard InChI is InChI=1S/C31H31BClF8N7O/c1-6-16-24(26(44-4)17-9-14(34)7-8-20(17)33)21(46-23(13-42)18-10-15(35)11-19(25(18)43)31(39,40)41)12-22(27(16)48(45-5)28(36)37)47-29(2,32)30(3,38)49/h6-13,26,28,44,46-47,49H,1,5,42-43H2,2-4H3/b23-13+. The van der Waals surface area contributed by atoms with Gasteiger partial charge in [0.1, 0.15) is 19.5 Å². The lowest BCUT2D eigenvalue weighted by molar-refractivity contribution is -0.137. The van der Waals surface area contributed by atoms with Gasteiger partial charge >= 0.3 is 12.7 Å². The number of anilines is 4. The van der Waals surface area contributed by atoms with Crippen molar-refractivity contribution in [1.29, 1.82) is 0 Å². The maximum Gasteiger partial charge on any atom is 0.418 e. The lowest BCUT2D eigenvalue weighted by atomic mass is 9.73. The molecule has 0 amide bonds. The van der Waals surface area contributed by atoms with E-state index in [2.05, 4.69) is 34.3 Å². The molecule has 3 atom stereocenters. The molecule has 18 heteroatoms. The number of nitrogens with two attached hydrogens (primary N) is 2. The van der Waals surface area contributed by atoms with Gasteiger partial charge in [-0.2, -0.15) is 27.1 Å². The third-order valence-electron chi connectivity index (χ3n) is 7.51. The number of alkyl halides is 6. The van der Waals surface area contributed by atoms with E-state index < -0.39 is 75.6 Å². The molecule has 0 spiro atoms. The highest BCUT2D eigenvalue weighted by molar-refractivity contribution is 6.31. The third kappa shape index (κ3) is 8.06. The maximum atomic E-state index is 14.9. The zero-order valence-electron chi connectivity index (χ0n) is 26.2. The molecule has 3 aromatic rings. The Morgan fingerprint density at radius 3 is 2.20 bits per heavy atom. The number of hydrogen-bond donors (Lipinski definition) is 6. The Balaban J connectivity index is 2.56. The number of rotatable bonds is 13. The monoisotopic (exact) mass is 715 g/mol. The highest BCUT2D eigenvalue weighted by Crippen LogP contribution is 2.47. The van der Waals surface area contributed by atoms with Gasteiger partial charge in [-0.15, -0.1) is 0 Å². The van der Waals surface area contributed by atoms with Gasteiger partial charge in [-0.05, 0) is 62.9 Å². The summed E-state index contributed by atoms with van der Waals surface area (Å²) in [6, 6.07) is 3.94. The van der Waals surface area contributed by atoms with Crippen LogP contribution in [0.25, 0.3) is 11.8 Å². The number of nitrogens with one attached hydrogen (secondary N) is 3. The average Bonchev–Trinajstić information content (AvgIpc) is 2.99. The summed E-state index contributed by atoms with van der Waals surface area (Å²) in [5.74, 6) is -5.29. The van der Waals surface area contributed by atoms with E-state index in [4.69, 9.17) is 30.9 Å².